The highest BCUT2D eigenvalue weighted by Gasteiger charge is 2.32. The number of carbonyl (C=O) groups is 2. The van der Waals surface area contributed by atoms with Crippen LogP contribution in [0.3, 0.4) is 0 Å². The minimum Gasteiger partial charge on any atom is -0.481 e. The van der Waals surface area contributed by atoms with E-state index in [2.05, 4.69) is 10.3 Å². The summed E-state index contributed by atoms with van der Waals surface area (Å²) in [5.74, 6) is -0.782. The number of carboxylic acid groups (broad SMARTS) is 1. The van der Waals surface area contributed by atoms with Crippen molar-refractivity contribution in [2.24, 2.45) is 5.92 Å². The van der Waals surface area contributed by atoms with Crippen LogP contribution >= 0.6 is 11.6 Å². The van der Waals surface area contributed by atoms with Crippen molar-refractivity contribution in [1.29, 1.82) is 0 Å². The van der Waals surface area contributed by atoms with Crippen molar-refractivity contribution in [2.75, 3.05) is 5.32 Å². The Morgan fingerprint density at radius 3 is 2.35 bits per heavy atom. The lowest BCUT2D eigenvalue weighted by Crippen LogP contribution is -2.27. The maximum atomic E-state index is 13.6. The highest BCUT2D eigenvalue weighted by atomic mass is 35.5. The fourth-order valence-corrected chi connectivity index (χ4v) is 5.18. The molecule has 2 aromatic carbocycles. The SMILES string of the molecule is CC.Cc1ncc(-c2ccc(C(C(=O)Nc3cccc(CCC(=O)O)c3C)C3CCCC3)cc2)cc1Cl. The number of benzene rings is 2. The number of aliphatic carboxylic acids is 1. The molecule has 0 aliphatic heterocycles. The summed E-state index contributed by atoms with van der Waals surface area (Å²) in [5, 5.41) is 12.8. The molecule has 4 rings (SSSR count). The number of amides is 1. The first kappa shape index (κ1) is 28.4. The predicted octanol–water partition coefficient (Wildman–Crippen LogP) is 7.97. The molecule has 0 radical (unpaired) electrons. The second-order valence-corrected chi connectivity index (χ2v) is 9.82. The molecule has 1 amide bonds. The number of halogens is 1. The van der Waals surface area contributed by atoms with Gasteiger partial charge in [-0.05, 0) is 73.4 Å². The monoisotopic (exact) mass is 520 g/mol. The van der Waals surface area contributed by atoms with Gasteiger partial charge in [0.1, 0.15) is 0 Å². The summed E-state index contributed by atoms with van der Waals surface area (Å²) in [4.78, 5) is 29.0. The van der Waals surface area contributed by atoms with Crippen LogP contribution in [0.4, 0.5) is 5.69 Å². The van der Waals surface area contributed by atoms with Gasteiger partial charge in [0.25, 0.3) is 0 Å². The summed E-state index contributed by atoms with van der Waals surface area (Å²) in [6.07, 6.45) is 6.68. The molecule has 37 heavy (non-hydrogen) atoms. The third-order valence-electron chi connectivity index (χ3n) is 7.09. The van der Waals surface area contributed by atoms with Gasteiger partial charge in [-0.1, -0.05) is 74.7 Å². The maximum absolute atomic E-state index is 13.6. The van der Waals surface area contributed by atoms with Crippen molar-refractivity contribution in [1.82, 2.24) is 4.98 Å². The summed E-state index contributed by atoms with van der Waals surface area (Å²) < 4.78 is 0. The zero-order valence-corrected chi connectivity index (χ0v) is 22.9. The molecule has 1 fully saturated rings. The Kier molecular flexibility index (Phi) is 10.3. The Bertz CT molecular complexity index is 1220. The molecule has 5 nitrogen and oxygen atoms in total. The number of carboxylic acids is 1. The van der Waals surface area contributed by atoms with Crippen LogP contribution in [-0.2, 0) is 16.0 Å². The molecule has 1 aromatic heterocycles. The number of aromatic nitrogens is 1. The topological polar surface area (TPSA) is 79.3 Å². The number of rotatable bonds is 8. The molecule has 6 heteroatoms. The van der Waals surface area contributed by atoms with Gasteiger partial charge in [-0.3, -0.25) is 14.6 Å². The summed E-state index contributed by atoms with van der Waals surface area (Å²) in [6, 6.07) is 15.8. The van der Waals surface area contributed by atoms with E-state index in [0.29, 0.717) is 17.4 Å². The molecular weight excluding hydrogens is 484 g/mol. The fraction of sp³-hybridized carbons (Fsp3) is 0.387. The Labute approximate surface area is 225 Å². The molecule has 1 heterocycles. The van der Waals surface area contributed by atoms with Gasteiger partial charge in [0.05, 0.1) is 16.6 Å². The summed E-state index contributed by atoms with van der Waals surface area (Å²) in [5.41, 5.74) is 6.37. The van der Waals surface area contributed by atoms with E-state index in [4.69, 9.17) is 16.7 Å². The summed E-state index contributed by atoms with van der Waals surface area (Å²) >= 11 is 6.26. The van der Waals surface area contributed by atoms with Crippen LogP contribution in [0.1, 0.15) is 74.3 Å². The molecule has 1 saturated carbocycles. The van der Waals surface area contributed by atoms with E-state index in [-0.39, 0.29) is 18.2 Å². The molecule has 1 atom stereocenters. The Balaban J connectivity index is 0.00000186. The number of aryl methyl sites for hydroxylation is 2. The minimum atomic E-state index is -0.827. The lowest BCUT2D eigenvalue weighted by Gasteiger charge is -2.24. The lowest BCUT2D eigenvalue weighted by atomic mass is 9.83. The van der Waals surface area contributed by atoms with Gasteiger partial charge in [-0.2, -0.15) is 0 Å². The van der Waals surface area contributed by atoms with Crippen LogP contribution in [0, 0.1) is 19.8 Å². The zero-order chi connectivity index (χ0) is 26.9. The summed E-state index contributed by atoms with van der Waals surface area (Å²) in [7, 11) is 0. The van der Waals surface area contributed by atoms with Crippen LogP contribution in [0.15, 0.2) is 54.7 Å². The normalized spacial score (nSPS) is 14.0. The van der Waals surface area contributed by atoms with Gasteiger partial charge in [-0.15, -0.1) is 0 Å². The Morgan fingerprint density at radius 2 is 1.73 bits per heavy atom. The van der Waals surface area contributed by atoms with E-state index >= 15 is 0 Å². The molecule has 3 aromatic rings. The van der Waals surface area contributed by atoms with E-state index in [1.54, 1.807) is 0 Å². The van der Waals surface area contributed by atoms with E-state index in [9.17, 15) is 9.59 Å². The standard InChI is InChI=1S/C29H31ClN2O3.C2H6/c1-18-20(14-15-27(33)34)8-5-9-26(18)32-29(35)28(22-6-3-4-7-22)23-12-10-21(11-13-23)24-16-25(30)19(2)31-17-24;1-2/h5,8-13,16-17,22,28H,3-4,6-7,14-15H2,1-2H3,(H,32,35)(H,33,34);1-2H3. The second kappa shape index (κ2) is 13.4. The first-order valence-electron chi connectivity index (χ1n) is 13.2. The number of anilines is 1. The van der Waals surface area contributed by atoms with Crippen LogP contribution in [0.5, 0.6) is 0 Å². The van der Waals surface area contributed by atoms with E-state index in [1.165, 1.54) is 0 Å². The largest absolute Gasteiger partial charge is 0.481 e. The van der Waals surface area contributed by atoms with Gasteiger partial charge < -0.3 is 10.4 Å². The predicted molar refractivity (Wildman–Crippen MR) is 151 cm³/mol. The van der Waals surface area contributed by atoms with E-state index in [0.717, 1.165) is 64.9 Å². The van der Waals surface area contributed by atoms with Gasteiger partial charge in [-0.25, -0.2) is 0 Å². The number of hydrogen-bond acceptors (Lipinski definition) is 3. The van der Waals surface area contributed by atoms with Crippen LogP contribution in [-0.4, -0.2) is 22.0 Å². The number of nitrogens with one attached hydrogen (secondary N) is 1. The van der Waals surface area contributed by atoms with Crippen LogP contribution in [0.25, 0.3) is 11.1 Å². The molecular formula is C31H37ClN2O3. The Morgan fingerprint density at radius 1 is 1.05 bits per heavy atom. The molecule has 0 bridgehead atoms. The molecule has 2 N–H and O–H groups in total. The molecule has 1 aliphatic rings. The first-order valence-corrected chi connectivity index (χ1v) is 13.5. The maximum Gasteiger partial charge on any atom is 0.303 e. The van der Waals surface area contributed by atoms with Gasteiger partial charge in [0.15, 0.2) is 0 Å². The van der Waals surface area contributed by atoms with Gasteiger partial charge in [0.2, 0.25) is 5.91 Å². The van der Waals surface area contributed by atoms with Gasteiger partial charge >= 0.3 is 5.97 Å². The average molecular weight is 521 g/mol. The van der Waals surface area contributed by atoms with E-state index < -0.39 is 5.97 Å². The van der Waals surface area contributed by atoms with E-state index in [1.807, 2.05) is 82.4 Å². The molecule has 0 spiro atoms. The number of hydrogen-bond donors (Lipinski definition) is 2. The van der Waals surface area contributed by atoms with Crippen molar-refractivity contribution >= 4 is 29.2 Å². The minimum absolute atomic E-state index is 0.0109. The van der Waals surface area contributed by atoms with Crippen molar-refractivity contribution < 1.29 is 14.7 Å². The first-order chi connectivity index (χ1) is 17.8. The highest BCUT2D eigenvalue weighted by Crippen LogP contribution is 2.39. The summed E-state index contributed by atoms with van der Waals surface area (Å²) in [6.45, 7) is 7.82. The Hall–Kier alpha value is -3.18. The van der Waals surface area contributed by atoms with Crippen molar-refractivity contribution in [3.8, 4) is 11.1 Å². The molecule has 196 valence electrons. The smallest absolute Gasteiger partial charge is 0.303 e. The zero-order valence-electron chi connectivity index (χ0n) is 22.2. The lowest BCUT2D eigenvalue weighted by molar-refractivity contribution is -0.137. The highest BCUT2D eigenvalue weighted by molar-refractivity contribution is 6.31. The molecule has 1 aliphatic carbocycles. The van der Waals surface area contributed by atoms with Crippen molar-refractivity contribution in [3.05, 3.63) is 82.1 Å². The molecule has 0 saturated heterocycles. The van der Waals surface area contributed by atoms with Crippen molar-refractivity contribution in [2.45, 2.75) is 72.1 Å². The third kappa shape index (κ3) is 7.20. The quantitative estimate of drug-likeness (QED) is 0.315. The van der Waals surface area contributed by atoms with Crippen molar-refractivity contribution in [3.63, 3.8) is 0 Å². The van der Waals surface area contributed by atoms with Crippen LogP contribution < -0.4 is 5.32 Å². The van der Waals surface area contributed by atoms with Crippen LogP contribution in [0.2, 0.25) is 5.02 Å². The number of nitrogens with zero attached hydrogens (tertiary/aromatic N) is 1. The second-order valence-electron chi connectivity index (χ2n) is 9.41. The third-order valence-corrected chi connectivity index (χ3v) is 7.48. The number of carbonyl (C=O) groups excluding carboxylic acids is 1. The number of pyridine rings is 1. The fourth-order valence-electron chi connectivity index (χ4n) is 5.02. The molecule has 1 unspecified atom stereocenters. The average Bonchev–Trinajstić information content (AvgIpc) is 3.42. The van der Waals surface area contributed by atoms with Gasteiger partial charge in [0, 0.05) is 23.9 Å².